The van der Waals surface area contributed by atoms with Crippen molar-refractivity contribution < 1.29 is 13.2 Å². The van der Waals surface area contributed by atoms with E-state index in [-0.39, 0.29) is 5.75 Å². The quantitative estimate of drug-likeness (QED) is 0.671. The van der Waals surface area contributed by atoms with E-state index < -0.39 is 12.1 Å². The second kappa shape index (κ2) is 6.14. The maximum absolute atomic E-state index is 12.1. The summed E-state index contributed by atoms with van der Waals surface area (Å²) < 4.78 is 36.2. The molecule has 0 aliphatic heterocycles. The van der Waals surface area contributed by atoms with Gasteiger partial charge in [-0.25, -0.2) is 0 Å². The van der Waals surface area contributed by atoms with Crippen molar-refractivity contribution in [3.63, 3.8) is 0 Å². The van der Waals surface area contributed by atoms with Crippen LogP contribution in [0, 0.1) is 17.2 Å². The highest BCUT2D eigenvalue weighted by Gasteiger charge is 2.39. The topological polar surface area (TPSA) is 27.0 Å². The summed E-state index contributed by atoms with van der Waals surface area (Å²) >= 11 is 1.16. The van der Waals surface area contributed by atoms with E-state index >= 15 is 0 Å². The molecule has 82 valence electrons. The fourth-order valence-electron chi connectivity index (χ4n) is 0.653. The molecule has 0 aromatic carbocycles. The van der Waals surface area contributed by atoms with Crippen molar-refractivity contribution in [3.8, 4) is 6.07 Å². The summed E-state index contributed by atoms with van der Waals surface area (Å²) in [6, 6.07) is 1.27. The molecule has 0 aliphatic carbocycles. The van der Waals surface area contributed by atoms with E-state index in [0.29, 0.717) is 5.75 Å². The summed E-state index contributed by atoms with van der Waals surface area (Å²) in [6.07, 6.45) is -4.39. The molecule has 0 bridgehead atoms. The normalized spacial score (nSPS) is 14.1. The summed E-state index contributed by atoms with van der Waals surface area (Å²) in [5, 5.41) is 8.28. The lowest BCUT2D eigenvalue weighted by Gasteiger charge is -2.13. The SMILES string of the molecule is CN(C)CCSCC(C#N)C(F)(F)F. The number of hydrogen-bond donors (Lipinski definition) is 0. The monoisotopic (exact) mass is 226 g/mol. The molecule has 1 atom stereocenters. The first-order valence-corrected chi connectivity index (χ1v) is 5.22. The van der Waals surface area contributed by atoms with Gasteiger partial charge in [0.1, 0.15) is 0 Å². The first-order chi connectivity index (χ1) is 6.38. The number of nitrogens with zero attached hydrogens (tertiary/aromatic N) is 2. The Bertz CT molecular complexity index is 198. The van der Waals surface area contributed by atoms with Crippen LogP contribution in [-0.4, -0.2) is 43.2 Å². The van der Waals surface area contributed by atoms with Crippen LogP contribution in [0.3, 0.4) is 0 Å². The van der Waals surface area contributed by atoms with Crippen molar-refractivity contribution in [1.82, 2.24) is 4.90 Å². The maximum atomic E-state index is 12.1. The standard InChI is InChI=1S/C8H13F3N2S/c1-13(2)3-4-14-6-7(5-12)8(9,10)11/h7H,3-4,6H2,1-2H3. The van der Waals surface area contributed by atoms with Gasteiger partial charge in [-0.2, -0.15) is 30.2 Å². The van der Waals surface area contributed by atoms with Crippen molar-refractivity contribution in [3.05, 3.63) is 0 Å². The molecule has 0 N–H and O–H groups in total. The lowest BCUT2D eigenvalue weighted by molar-refractivity contribution is -0.152. The molecule has 6 heteroatoms. The number of alkyl halides is 3. The lowest BCUT2D eigenvalue weighted by Crippen LogP contribution is -2.24. The molecule has 0 rings (SSSR count). The highest BCUT2D eigenvalue weighted by molar-refractivity contribution is 7.99. The van der Waals surface area contributed by atoms with Crippen LogP contribution in [0.2, 0.25) is 0 Å². The number of thioether (sulfide) groups is 1. The predicted octanol–water partition coefficient (Wildman–Crippen LogP) is 1.98. The molecule has 0 aliphatic rings. The Balaban J connectivity index is 3.72. The number of halogens is 3. The molecule has 2 nitrogen and oxygen atoms in total. The summed E-state index contributed by atoms with van der Waals surface area (Å²) in [5.74, 6) is -1.40. The van der Waals surface area contributed by atoms with Crippen LogP contribution in [0.1, 0.15) is 0 Å². The first-order valence-electron chi connectivity index (χ1n) is 4.06. The van der Waals surface area contributed by atoms with E-state index in [2.05, 4.69) is 0 Å². The van der Waals surface area contributed by atoms with Crippen LogP contribution in [-0.2, 0) is 0 Å². The highest BCUT2D eigenvalue weighted by Crippen LogP contribution is 2.28. The van der Waals surface area contributed by atoms with Gasteiger partial charge in [0.05, 0.1) is 6.07 Å². The van der Waals surface area contributed by atoms with E-state index in [4.69, 9.17) is 5.26 Å². The van der Waals surface area contributed by atoms with Gasteiger partial charge in [-0.3, -0.25) is 0 Å². The van der Waals surface area contributed by atoms with Crippen LogP contribution in [0.5, 0.6) is 0 Å². The van der Waals surface area contributed by atoms with Crippen LogP contribution >= 0.6 is 11.8 Å². The van der Waals surface area contributed by atoms with E-state index in [1.54, 1.807) is 0 Å². The Morgan fingerprint density at radius 2 is 2.00 bits per heavy atom. The predicted molar refractivity (Wildman–Crippen MR) is 51.0 cm³/mol. The average molecular weight is 226 g/mol. The molecule has 0 heterocycles. The third kappa shape index (κ3) is 6.11. The molecule has 0 aromatic heterocycles. The van der Waals surface area contributed by atoms with Crippen molar-refractivity contribution in [1.29, 1.82) is 5.26 Å². The van der Waals surface area contributed by atoms with Crippen LogP contribution in [0.4, 0.5) is 13.2 Å². The molecule has 14 heavy (non-hydrogen) atoms. The van der Waals surface area contributed by atoms with Gasteiger partial charge in [-0.1, -0.05) is 0 Å². The molecule has 0 radical (unpaired) electrons. The zero-order chi connectivity index (χ0) is 11.2. The van der Waals surface area contributed by atoms with Gasteiger partial charge in [0.2, 0.25) is 0 Å². The summed E-state index contributed by atoms with van der Waals surface area (Å²) in [6.45, 7) is 0.723. The van der Waals surface area contributed by atoms with Gasteiger partial charge in [0, 0.05) is 18.1 Å². The summed E-state index contributed by atoms with van der Waals surface area (Å²) in [4.78, 5) is 1.89. The fourth-order valence-corrected chi connectivity index (χ4v) is 1.81. The Morgan fingerprint density at radius 3 is 2.36 bits per heavy atom. The minimum Gasteiger partial charge on any atom is -0.309 e. The number of hydrogen-bond acceptors (Lipinski definition) is 3. The largest absolute Gasteiger partial charge is 0.405 e. The van der Waals surface area contributed by atoms with Crippen LogP contribution in [0.15, 0.2) is 0 Å². The number of rotatable bonds is 5. The molecule has 1 unspecified atom stereocenters. The Kier molecular flexibility index (Phi) is 5.96. The summed E-state index contributed by atoms with van der Waals surface area (Å²) in [7, 11) is 3.71. The van der Waals surface area contributed by atoms with Gasteiger partial charge in [-0.05, 0) is 14.1 Å². The van der Waals surface area contributed by atoms with Crippen molar-refractivity contribution in [2.24, 2.45) is 5.92 Å². The van der Waals surface area contributed by atoms with E-state index in [0.717, 1.165) is 18.3 Å². The van der Waals surface area contributed by atoms with E-state index in [1.165, 1.54) is 6.07 Å². The highest BCUT2D eigenvalue weighted by atomic mass is 32.2. The van der Waals surface area contributed by atoms with Crippen molar-refractivity contribution in [2.75, 3.05) is 32.1 Å². The maximum Gasteiger partial charge on any atom is 0.405 e. The zero-order valence-corrected chi connectivity index (χ0v) is 8.95. The molecule has 0 saturated carbocycles. The smallest absolute Gasteiger partial charge is 0.309 e. The van der Waals surface area contributed by atoms with Crippen LogP contribution < -0.4 is 0 Å². The van der Waals surface area contributed by atoms with Gasteiger partial charge in [-0.15, -0.1) is 0 Å². The molecule has 0 aromatic rings. The Hall–Kier alpha value is -0.410. The molecular formula is C8H13F3N2S. The molecular weight excluding hydrogens is 213 g/mol. The average Bonchev–Trinajstić information content (AvgIpc) is 2.01. The van der Waals surface area contributed by atoms with Gasteiger partial charge in [0.25, 0.3) is 0 Å². The zero-order valence-electron chi connectivity index (χ0n) is 8.14. The minimum absolute atomic E-state index is 0.173. The van der Waals surface area contributed by atoms with Gasteiger partial charge >= 0.3 is 6.18 Å². The second-order valence-electron chi connectivity index (χ2n) is 3.10. The molecule has 0 spiro atoms. The number of nitriles is 1. The molecule has 0 saturated heterocycles. The third-order valence-corrected chi connectivity index (χ3v) is 2.56. The van der Waals surface area contributed by atoms with Crippen LogP contribution in [0.25, 0.3) is 0 Å². The van der Waals surface area contributed by atoms with Crippen molar-refractivity contribution in [2.45, 2.75) is 6.18 Å². The third-order valence-electron chi connectivity index (χ3n) is 1.52. The minimum atomic E-state index is -4.39. The molecule has 0 fully saturated rings. The van der Waals surface area contributed by atoms with E-state index in [9.17, 15) is 13.2 Å². The van der Waals surface area contributed by atoms with Gasteiger partial charge < -0.3 is 4.90 Å². The lowest BCUT2D eigenvalue weighted by atomic mass is 10.2. The van der Waals surface area contributed by atoms with E-state index in [1.807, 2.05) is 19.0 Å². The first kappa shape index (κ1) is 13.6. The van der Waals surface area contributed by atoms with Gasteiger partial charge in [0.15, 0.2) is 5.92 Å². The Labute approximate surface area is 86.1 Å². The summed E-state index contributed by atoms with van der Waals surface area (Å²) in [5.41, 5.74) is 0. The molecule has 0 amide bonds. The second-order valence-corrected chi connectivity index (χ2v) is 4.25. The fraction of sp³-hybridized carbons (Fsp3) is 0.875. The van der Waals surface area contributed by atoms with Crippen molar-refractivity contribution >= 4 is 11.8 Å². The Morgan fingerprint density at radius 1 is 1.43 bits per heavy atom.